The molecule has 0 radical (unpaired) electrons. The van der Waals surface area contributed by atoms with Gasteiger partial charge in [0.1, 0.15) is 0 Å². The summed E-state index contributed by atoms with van der Waals surface area (Å²) < 4.78 is 0. The Kier molecular flexibility index (Phi) is 1.97. The van der Waals surface area contributed by atoms with E-state index in [0.29, 0.717) is 0 Å². The summed E-state index contributed by atoms with van der Waals surface area (Å²) in [7, 11) is 0. The summed E-state index contributed by atoms with van der Waals surface area (Å²) in [5, 5.41) is 0. The Hall–Kier alpha value is -0.820. The molecule has 0 heterocycles. The van der Waals surface area contributed by atoms with Crippen LogP contribution >= 0.6 is 0 Å². The summed E-state index contributed by atoms with van der Waals surface area (Å²) in [4.78, 5) is 0. The molecule has 14 heavy (non-hydrogen) atoms. The standard InChI is InChI=1S/C13H19N/c1-12(2,3)10-5-4-6-11(9-10)13(14)7-8-13/h4-6,9H,7-8,14H2,1-3H3. The Morgan fingerprint density at radius 3 is 2.36 bits per heavy atom. The fourth-order valence-corrected chi connectivity index (χ4v) is 1.72. The molecule has 0 spiro atoms. The van der Waals surface area contributed by atoms with Crippen molar-refractivity contribution in [2.24, 2.45) is 5.73 Å². The molecule has 1 nitrogen and oxygen atoms in total. The zero-order valence-electron chi connectivity index (χ0n) is 9.30. The van der Waals surface area contributed by atoms with Crippen molar-refractivity contribution in [2.45, 2.75) is 44.6 Å². The van der Waals surface area contributed by atoms with Crippen molar-refractivity contribution in [1.29, 1.82) is 0 Å². The lowest BCUT2D eigenvalue weighted by molar-refractivity contribution is 0.587. The topological polar surface area (TPSA) is 26.0 Å². The van der Waals surface area contributed by atoms with E-state index in [9.17, 15) is 0 Å². The van der Waals surface area contributed by atoms with Crippen molar-refractivity contribution >= 4 is 0 Å². The van der Waals surface area contributed by atoms with Gasteiger partial charge in [-0.15, -0.1) is 0 Å². The molecular formula is C13H19N. The fraction of sp³-hybridized carbons (Fsp3) is 0.538. The summed E-state index contributed by atoms with van der Waals surface area (Å²) >= 11 is 0. The first kappa shape index (κ1) is 9.72. The largest absolute Gasteiger partial charge is 0.321 e. The molecule has 1 aliphatic rings. The average Bonchev–Trinajstić information content (AvgIpc) is 2.84. The van der Waals surface area contributed by atoms with E-state index in [1.54, 1.807) is 0 Å². The van der Waals surface area contributed by atoms with Gasteiger partial charge in [0.05, 0.1) is 0 Å². The Balaban J connectivity index is 2.37. The maximum atomic E-state index is 6.18. The zero-order valence-corrected chi connectivity index (χ0v) is 9.30. The zero-order chi connectivity index (χ0) is 10.4. The summed E-state index contributed by atoms with van der Waals surface area (Å²) in [6.45, 7) is 6.71. The maximum Gasteiger partial charge on any atom is 0.0411 e. The van der Waals surface area contributed by atoms with Gasteiger partial charge in [0.15, 0.2) is 0 Å². The molecule has 1 heteroatoms. The van der Waals surface area contributed by atoms with Crippen LogP contribution < -0.4 is 5.73 Å². The van der Waals surface area contributed by atoms with Crippen LogP contribution in [-0.2, 0) is 11.0 Å². The molecule has 76 valence electrons. The predicted octanol–water partition coefficient (Wildman–Crippen LogP) is 2.93. The van der Waals surface area contributed by atoms with Gasteiger partial charge in [-0.25, -0.2) is 0 Å². The molecule has 1 aromatic carbocycles. The molecule has 2 rings (SSSR count). The second-order valence-corrected chi connectivity index (χ2v) is 5.49. The van der Waals surface area contributed by atoms with Crippen molar-refractivity contribution in [2.75, 3.05) is 0 Å². The molecule has 0 aliphatic heterocycles. The number of hydrogen-bond donors (Lipinski definition) is 1. The minimum absolute atomic E-state index is 0.00125. The van der Waals surface area contributed by atoms with E-state index in [0.717, 1.165) is 12.8 Å². The first-order chi connectivity index (χ1) is 6.42. The van der Waals surface area contributed by atoms with Gasteiger partial charge in [0, 0.05) is 5.54 Å². The summed E-state index contributed by atoms with van der Waals surface area (Å²) in [5.41, 5.74) is 9.10. The van der Waals surface area contributed by atoms with E-state index in [1.165, 1.54) is 11.1 Å². The molecule has 2 N–H and O–H groups in total. The lowest BCUT2D eigenvalue weighted by atomic mass is 9.85. The van der Waals surface area contributed by atoms with Crippen molar-refractivity contribution < 1.29 is 0 Å². The van der Waals surface area contributed by atoms with Crippen molar-refractivity contribution in [3.05, 3.63) is 35.4 Å². The second-order valence-electron chi connectivity index (χ2n) is 5.49. The van der Waals surface area contributed by atoms with Gasteiger partial charge in [0.25, 0.3) is 0 Å². The van der Waals surface area contributed by atoms with E-state index in [4.69, 9.17) is 5.73 Å². The van der Waals surface area contributed by atoms with Crippen molar-refractivity contribution in [1.82, 2.24) is 0 Å². The minimum atomic E-state index is 0.00125. The van der Waals surface area contributed by atoms with Crippen LogP contribution in [0.3, 0.4) is 0 Å². The first-order valence-electron chi connectivity index (χ1n) is 5.32. The van der Waals surface area contributed by atoms with Crippen LogP contribution in [-0.4, -0.2) is 0 Å². The summed E-state index contributed by atoms with van der Waals surface area (Å²) in [5.74, 6) is 0. The fourth-order valence-electron chi connectivity index (χ4n) is 1.72. The van der Waals surface area contributed by atoms with Crippen LogP contribution in [0.4, 0.5) is 0 Å². The van der Waals surface area contributed by atoms with E-state index >= 15 is 0 Å². The van der Waals surface area contributed by atoms with Crippen LogP contribution in [0.2, 0.25) is 0 Å². The van der Waals surface area contributed by atoms with Gasteiger partial charge >= 0.3 is 0 Å². The van der Waals surface area contributed by atoms with Crippen LogP contribution in [0.1, 0.15) is 44.7 Å². The molecule has 1 aromatic rings. The van der Waals surface area contributed by atoms with Gasteiger partial charge < -0.3 is 5.73 Å². The predicted molar refractivity (Wildman–Crippen MR) is 60.2 cm³/mol. The smallest absolute Gasteiger partial charge is 0.0411 e. The number of hydrogen-bond acceptors (Lipinski definition) is 1. The lowest BCUT2D eigenvalue weighted by Crippen LogP contribution is -2.20. The van der Waals surface area contributed by atoms with Gasteiger partial charge in [-0.1, -0.05) is 45.0 Å². The Labute approximate surface area is 86.3 Å². The van der Waals surface area contributed by atoms with Gasteiger partial charge in [-0.3, -0.25) is 0 Å². The van der Waals surface area contributed by atoms with E-state index in [2.05, 4.69) is 45.0 Å². The van der Waals surface area contributed by atoms with E-state index in [1.807, 2.05) is 0 Å². The number of benzene rings is 1. The average molecular weight is 189 g/mol. The van der Waals surface area contributed by atoms with Crippen LogP contribution in [0, 0.1) is 0 Å². The highest BCUT2D eigenvalue weighted by molar-refractivity contribution is 5.35. The highest BCUT2D eigenvalue weighted by Gasteiger charge is 2.40. The Morgan fingerprint density at radius 1 is 1.21 bits per heavy atom. The lowest BCUT2D eigenvalue weighted by Gasteiger charge is -2.21. The molecule has 0 amide bonds. The van der Waals surface area contributed by atoms with E-state index < -0.39 is 0 Å². The van der Waals surface area contributed by atoms with Crippen molar-refractivity contribution in [3.8, 4) is 0 Å². The Morgan fingerprint density at radius 2 is 1.86 bits per heavy atom. The SMILES string of the molecule is CC(C)(C)c1cccc(C2(N)CC2)c1. The molecule has 1 fully saturated rings. The molecule has 0 atom stereocenters. The second kappa shape index (κ2) is 2.83. The normalized spacial score (nSPS) is 19.4. The van der Waals surface area contributed by atoms with Gasteiger partial charge in [-0.2, -0.15) is 0 Å². The number of nitrogens with two attached hydrogens (primary N) is 1. The highest BCUT2D eigenvalue weighted by Crippen LogP contribution is 2.43. The third kappa shape index (κ3) is 1.69. The summed E-state index contributed by atoms with van der Waals surface area (Å²) in [6, 6.07) is 8.74. The molecular weight excluding hydrogens is 170 g/mol. The third-order valence-electron chi connectivity index (χ3n) is 3.09. The first-order valence-corrected chi connectivity index (χ1v) is 5.32. The van der Waals surface area contributed by atoms with E-state index in [-0.39, 0.29) is 11.0 Å². The molecule has 0 unspecified atom stereocenters. The maximum absolute atomic E-state index is 6.18. The third-order valence-corrected chi connectivity index (χ3v) is 3.09. The van der Waals surface area contributed by atoms with Gasteiger partial charge in [-0.05, 0) is 29.4 Å². The quantitative estimate of drug-likeness (QED) is 0.722. The molecule has 0 saturated heterocycles. The minimum Gasteiger partial charge on any atom is -0.321 e. The van der Waals surface area contributed by atoms with Gasteiger partial charge in [0.2, 0.25) is 0 Å². The Bertz CT molecular complexity index is 322. The van der Waals surface area contributed by atoms with Crippen LogP contribution in [0.15, 0.2) is 24.3 Å². The molecule has 0 bridgehead atoms. The van der Waals surface area contributed by atoms with Crippen LogP contribution in [0.5, 0.6) is 0 Å². The summed E-state index contributed by atoms with van der Waals surface area (Å²) in [6.07, 6.45) is 2.28. The van der Waals surface area contributed by atoms with Crippen molar-refractivity contribution in [3.63, 3.8) is 0 Å². The van der Waals surface area contributed by atoms with Crippen LogP contribution in [0.25, 0.3) is 0 Å². The molecule has 1 saturated carbocycles. The highest BCUT2D eigenvalue weighted by atomic mass is 14.8. The molecule has 1 aliphatic carbocycles. The monoisotopic (exact) mass is 189 g/mol. The number of rotatable bonds is 1. The molecule has 0 aromatic heterocycles.